The van der Waals surface area contributed by atoms with Crippen LogP contribution in [0.3, 0.4) is 0 Å². The Morgan fingerprint density at radius 3 is 2.80 bits per heavy atom. The molecule has 2 saturated heterocycles. The molecule has 0 aliphatic carbocycles. The maximum absolute atomic E-state index is 12.3. The second kappa shape index (κ2) is 5.90. The van der Waals surface area contributed by atoms with Crippen molar-refractivity contribution in [2.75, 3.05) is 19.6 Å². The van der Waals surface area contributed by atoms with E-state index in [0.717, 1.165) is 38.8 Å². The average Bonchev–Trinajstić information content (AvgIpc) is 2.74. The highest BCUT2D eigenvalue weighted by molar-refractivity contribution is 5.68. The van der Waals surface area contributed by atoms with E-state index in [-0.39, 0.29) is 12.1 Å². The number of likely N-dealkylation sites (tertiary alicyclic amines) is 1. The summed E-state index contributed by atoms with van der Waals surface area (Å²) in [6, 6.07) is 0.100. The summed E-state index contributed by atoms with van der Waals surface area (Å²) in [5.74, 6) is 0. The van der Waals surface area contributed by atoms with Gasteiger partial charge in [0.25, 0.3) is 0 Å². The van der Waals surface area contributed by atoms with Crippen LogP contribution < -0.4 is 5.32 Å². The molecule has 20 heavy (non-hydrogen) atoms. The number of carbonyl (C=O) groups is 1. The topological polar surface area (TPSA) is 61.8 Å². The van der Waals surface area contributed by atoms with Gasteiger partial charge in [0.05, 0.1) is 5.60 Å². The number of piperidine rings is 1. The van der Waals surface area contributed by atoms with Gasteiger partial charge in [0, 0.05) is 19.1 Å². The van der Waals surface area contributed by atoms with Crippen molar-refractivity contribution in [3.63, 3.8) is 0 Å². The summed E-state index contributed by atoms with van der Waals surface area (Å²) in [5, 5.41) is 13.7. The Morgan fingerprint density at radius 1 is 1.45 bits per heavy atom. The number of ether oxygens (including phenoxy) is 1. The molecule has 2 atom stereocenters. The van der Waals surface area contributed by atoms with Gasteiger partial charge < -0.3 is 20.1 Å². The molecule has 2 fully saturated rings. The fourth-order valence-electron chi connectivity index (χ4n) is 3.12. The van der Waals surface area contributed by atoms with E-state index in [0.29, 0.717) is 13.0 Å². The fraction of sp³-hybridized carbons (Fsp3) is 0.933. The summed E-state index contributed by atoms with van der Waals surface area (Å²) >= 11 is 0. The molecule has 2 heterocycles. The molecule has 2 rings (SSSR count). The number of β-amino-alcohol motifs (C(OH)–C–C–N with tert-alkyl or cyclic N) is 1. The van der Waals surface area contributed by atoms with Gasteiger partial charge in [0.1, 0.15) is 5.60 Å². The Balaban J connectivity index is 1.99. The highest BCUT2D eigenvalue weighted by Crippen LogP contribution is 2.29. The molecule has 2 aliphatic rings. The average molecular weight is 284 g/mol. The molecule has 1 amide bonds. The molecule has 0 radical (unpaired) electrons. The number of hydrogen-bond donors (Lipinski definition) is 2. The first kappa shape index (κ1) is 15.6. The van der Waals surface area contributed by atoms with Gasteiger partial charge in [-0.15, -0.1) is 0 Å². The first-order valence-electron chi connectivity index (χ1n) is 7.72. The third-order valence-corrected chi connectivity index (χ3v) is 4.09. The van der Waals surface area contributed by atoms with Crippen molar-refractivity contribution in [1.82, 2.24) is 10.2 Å². The number of amides is 1. The first-order valence-corrected chi connectivity index (χ1v) is 7.72. The number of nitrogens with zero attached hydrogens (tertiary/aromatic N) is 1. The standard InChI is InChI=1S/C15H28N2O3/c1-14(2,3)20-13(18)17-9-5-4-6-12(17)10-15(19)7-8-16-11-15/h12,16,19H,4-11H2,1-3H3. The fourth-order valence-corrected chi connectivity index (χ4v) is 3.12. The summed E-state index contributed by atoms with van der Waals surface area (Å²) in [5.41, 5.74) is -1.13. The van der Waals surface area contributed by atoms with Gasteiger partial charge in [-0.25, -0.2) is 4.79 Å². The highest BCUT2D eigenvalue weighted by atomic mass is 16.6. The second-order valence-electron chi connectivity index (χ2n) is 7.18. The van der Waals surface area contributed by atoms with Gasteiger partial charge >= 0.3 is 6.09 Å². The Hall–Kier alpha value is -0.810. The molecule has 0 spiro atoms. The van der Waals surface area contributed by atoms with E-state index >= 15 is 0 Å². The molecule has 0 saturated carbocycles. The highest BCUT2D eigenvalue weighted by Gasteiger charge is 2.38. The third kappa shape index (κ3) is 4.09. The zero-order valence-corrected chi connectivity index (χ0v) is 12.9. The molecule has 0 bridgehead atoms. The molecular weight excluding hydrogens is 256 g/mol. The number of aliphatic hydroxyl groups is 1. The Bertz CT molecular complexity index is 346. The first-order chi connectivity index (χ1) is 9.29. The minimum Gasteiger partial charge on any atom is -0.444 e. The predicted octanol–water partition coefficient (Wildman–Crippen LogP) is 1.89. The van der Waals surface area contributed by atoms with Crippen LogP contribution >= 0.6 is 0 Å². The molecule has 5 nitrogen and oxygen atoms in total. The van der Waals surface area contributed by atoms with Crippen LogP contribution in [-0.2, 0) is 4.74 Å². The molecule has 0 aromatic heterocycles. The summed E-state index contributed by atoms with van der Waals surface area (Å²) < 4.78 is 5.49. The van der Waals surface area contributed by atoms with E-state index in [9.17, 15) is 9.90 Å². The predicted molar refractivity (Wildman–Crippen MR) is 77.6 cm³/mol. The Labute approximate surface area is 121 Å². The number of carbonyl (C=O) groups excluding carboxylic acids is 1. The molecule has 0 aromatic carbocycles. The SMILES string of the molecule is CC(C)(C)OC(=O)N1CCCCC1CC1(O)CCNC1. The zero-order valence-electron chi connectivity index (χ0n) is 12.9. The Morgan fingerprint density at radius 2 is 2.20 bits per heavy atom. The number of hydrogen-bond acceptors (Lipinski definition) is 4. The summed E-state index contributed by atoms with van der Waals surface area (Å²) in [7, 11) is 0. The quantitative estimate of drug-likeness (QED) is 0.813. The van der Waals surface area contributed by atoms with Crippen LogP contribution in [0.25, 0.3) is 0 Å². The number of rotatable bonds is 2. The summed E-state index contributed by atoms with van der Waals surface area (Å²) in [6.07, 6.45) is 4.28. The summed E-state index contributed by atoms with van der Waals surface area (Å²) in [4.78, 5) is 14.1. The van der Waals surface area contributed by atoms with E-state index in [1.54, 1.807) is 0 Å². The molecular formula is C15H28N2O3. The summed E-state index contributed by atoms with van der Waals surface area (Å²) in [6.45, 7) is 7.89. The van der Waals surface area contributed by atoms with Crippen LogP contribution in [0.15, 0.2) is 0 Å². The van der Waals surface area contributed by atoms with Crippen LogP contribution in [0.4, 0.5) is 4.79 Å². The van der Waals surface area contributed by atoms with Crippen LogP contribution in [0.2, 0.25) is 0 Å². The van der Waals surface area contributed by atoms with Crippen LogP contribution in [0, 0.1) is 0 Å². The van der Waals surface area contributed by atoms with Crippen LogP contribution in [0.5, 0.6) is 0 Å². The van der Waals surface area contributed by atoms with Crippen molar-refractivity contribution in [2.45, 2.75) is 70.1 Å². The minimum atomic E-state index is -0.664. The second-order valence-corrected chi connectivity index (χ2v) is 7.18. The molecule has 0 aromatic rings. The van der Waals surface area contributed by atoms with Gasteiger partial charge in [-0.05, 0) is 59.4 Å². The maximum atomic E-state index is 12.3. The van der Waals surface area contributed by atoms with Crippen molar-refractivity contribution in [2.24, 2.45) is 0 Å². The largest absolute Gasteiger partial charge is 0.444 e. The normalized spacial score (nSPS) is 31.4. The van der Waals surface area contributed by atoms with Crippen molar-refractivity contribution in [1.29, 1.82) is 0 Å². The van der Waals surface area contributed by atoms with Crippen molar-refractivity contribution >= 4 is 6.09 Å². The van der Waals surface area contributed by atoms with Gasteiger partial charge in [-0.1, -0.05) is 0 Å². The van der Waals surface area contributed by atoms with E-state index < -0.39 is 11.2 Å². The maximum Gasteiger partial charge on any atom is 0.410 e. The minimum absolute atomic E-state index is 0.100. The van der Waals surface area contributed by atoms with Crippen molar-refractivity contribution in [3.05, 3.63) is 0 Å². The molecule has 2 unspecified atom stereocenters. The lowest BCUT2D eigenvalue weighted by Crippen LogP contribution is -2.50. The van der Waals surface area contributed by atoms with Crippen molar-refractivity contribution in [3.8, 4) is 0 Å². The van der Waals surface area contributed by atoms with E-state index in [2.05, 4.69) is 5.32 Å². The van der Waals surface area contributed by atoms with Crippen LogP contribution in [0.1, 0.15) is 52.9 Å². The lowest BCUT2D eigenvalue weighted by Gasteiger charge is -2.39. The third-order valence-electron chi connectivity index (χ3n) is 4.09. The molecule has 5 heteroatoms. The van der Waals surface area contributed by atoms with E-state index in [1.165, 1.54) is 0 Å². The Kier molecular flexibility index (Phi) is 4.59. The van der Waals surface area contributed by atoms with Gasteiger partial charge in [0.2, 0.25) is 0 Å². The van der Waals surface area contributed by atoms with Crippen LogP contribution in [-0.4, -0.2) is 53.0 Å². The molecule has 116 valence electrons. The van der Waals surface area contributed by atoms with Gasteiger partial charge in [0.15, 0.2) is 0 Å². The lowest BCUT2D eigenvalue weighted by atomic mass is 9.88. The van der Waals surface area contributed by atoms with E-state index in [1.807, 2.05) is 25.7 Å². The number of nitrogens with one attached hydrogen (secondary N) is 1. The van der Waals surface area contributed by atoms with Crippen molar-refractivity contribution < 1.29 is 14.6 Å². The molecule has 2 N–H and O–H groups in total. The van der Waals surface area contributed by atoms with E-state index in [4.69, 9.17) is 4.74 Å². The lowest BCUT2D eigenvalue weighted by molar-refractivity contribution is -0.0147. The van der Waals surface area contributed by atoms with Gasteiger partial charge in [-0.3, -0.25) is 0 Å². The zero-order chi connectivity index (χ0) is 14.8. The van der Waals surface area contributed by atoms with Gasteiger partial charge in [-0.2, -0.15) is 0 Å². The molecule has 2 aliphatic heterocycles. The smallest absolute Gasteiger partial charge is 0.410 e. The monoisotopic (exact) mass is 284 g/mol.